The van der Waals surface area contributed by atoms with Gasteiger partial charge in [-0.1, -0.05) is 30.3 Å². The molecule has 0 radical (unpaired) electrons. The monoisotopic (exact) mass is 471 g/mol. The molecule has 1 amide bonds. The van der Waals surface area contributed by atoms with Crippen LogP contribution in [-0.2, 0) is 9.59 Å². The van der Waals surface area contributed by atoms with Crippen molar-refractivity contribution in [2.45, 2.75) is 26.0 Å². The topological polar surface area (TPSA) is 85.3 Å². The fourth-order valence-corrected chi connectivity index (χ4v) is 4.38. The van der Waals surface area contributed by atoms with Crippen LogP contribution in [0.3, 0.4) is 0 Å². The molecule has 1 saturated heterocycles. The number of fused-ring (bicyclic) bond motifs is 1. The molecule has 1 fully saturated rings. The number of nitrogens with zero attached hydrogens (tertiary/aromatic N) is 1. The third-order valence-electron chi connectivity index (χ3n) is 5.84. The first kappa shape index (κ1) is 22.5. The summed E-state index contributed by atoms with van der Waals surface area (Å²) >= 11 is 0. The van der Waals surface area contributed by atoms with Gasteiger partial charge in [0.1, 0.15) is 24.7 Å². The van der Waals surface area contributed by atoms with E-state index in [4.69, 9.17) is 14.2 Å². The highest BCUT2D eigenvalue weighted by Crippen LogP contribution is 2.43. The van der Waals surface area contributed by atoms with E-state index in [9.17, 15) is 14.7 Å². The molecule has 2 heterocycles. The fourth-order valence-electron chi connectivity index (χ4n) is 4.38. The Morgan fingerprint density at radius 2 is 1.69 bits per heavy atom. The van der Waals surface area contributed by atoms with E-state index >= 15 is 0 Å². The van der Waals surface area contributed by atoms with Gasteiger partial charge in [-0.05, 0) is 61.9 Å². The first-order chi connectivity index (χ1) is 16.9. The Labute approximate surface area is 203 Å². The number of benzene rings is 3. The van der Waals surface area contributed by atoms with Crippen molar-refractivity contribution >= 4 is 23.1 Å². The summed E-state index contributed by atoms with van der Waals surface area (Å²) in [6.45, 7) is 4.67. The summed E-state index contributed by atoms with van der Waals surface area (Å²) in [4.78, 5) is 28.0. The summed E-state index contributed by atoms with van der Waals surface area (Å²) in [6, 6.07) is 20.3. The van der Waals surface area contributed by atoms with E-state index in [1.807, 2.05) is 38.1 Å². The Morgan fingerprint density at radius 1 is 0.943 bits per heavy atom. The number of Topliss-reactive ketones (excluding diaryl/α,β-unsaturated/α-hetero) is 1. The lowest BCUT2D eigenvalue weighted by Gasteiger charge is -2.26. The number of rotatable bonds is 5. The van der Waals surface area contributed by atoms with Crippen LogP contribution in [0.1, 0.15) is 31.0 Å². The molecule has 3 aromatic rings. The second kappa shape index (κ2) is 9.18. The van der Waals surface area contributed by atoms with Gasteiger partial charge in [0, 0.05) is 11.3 Å². The van der Waals surface area contributed by atoms with Crippen LogP contribution in [0.4, 0.5) is 5.69 Å². The summed E-state index contributed by atoms with van der Waals surface area (Å²) < 4.78 is 17.1. The van der Waals surface area contributed by atoms with Crippen molar-refractivity contribution in [2.75, 3.05) is 18.1 Å². The van der Waals surface area contributed by atoms with Crippen LogP contribution in [0, 0.1) is 0 Å². The van der Waals surface area contributed by atoms with Crippen LogP contribution < -0.4 is 19.1 Å². The predicted molar refractivity (Wildman–Crippen MR) is 131 cm³/mol. The number of amides is 1. The van der Waals surface area contributed by atoms with Gasteiger partial charge >= 0.3 is 0 Å². The number of para-hydroxylation sites is 1. The van der Waals surface area contributed by atoms with Gasteiger partial charge < -0.3 is 19.3 Å². The van der Waals surface area contributed by atoms with Gasteiger partial charge in [0.15, 0.2) is 11.5 Å². The number of carbonyl (C=O) groups is 2. The van der Waals surface area contributed by atoms with Gasteiger partial charge in [-0.25, -0.2) is 0 Å². The van der Waals surface area contributed by atoms with Gasteiger partial charge in [-0.15, -0.1) is 0 Å². The molecule has 0 spiro atoms. The summed E-state index contributed by atoms with van der Waals surface area (Å²) in [5.74, 6) is -0.111. The number of anilines is 1. The summed E-state index contributed by atoms with van der Waals surface area (Å²) in [7, 11) is 0. The number of ether oxygens (including phenoxy) is 3. The number of hydrogen-bond acceptors (Lipinski definition) is 6. The molecule has 0 bridgehead atoms. The molecular formula is C28H25NO6. The van der Waals surface area contributed by atoms with Crippen LogP contribution in [0.5, 0.6) is 17.2 Å². The molecule has 1 atom stereocenters. The molecule has 35 heavy (non-hydrogen) atoms. The number of ketones is 1. The molecule has 0 aromatic heterocycles. The molecule has 2 aliphatic rings. The van der Waals surface area contributed by atoms with Crippen LogP contribution in [-0.4, -0.2) is 36.1 Å². The lowest BCUT2D eigenvalue weighted by molar-refractivity contribution is -0.132. The zero-order valence-corrected chi connectivity index (χ0v) is 19.4. The van der Waals surface area contributed by atoms with Crippen LogP contribution in [0.15, 0.2) is 78.4 Å². The van der Waals surface area contributed by atoms with Crippen LogP contribution >= 0.6 is 0 Å². The molecule has 5 rings (SSSR count). The molecule has 7 heteroatoms. The van der Waals surface area contributed by atoms with Gasteiger partial charge in [0.2, 0.25) is 0 Å². The van der Waals surface area contributed by atoms with E-state index in [1.54, 1.807) is 48.5 Å². The molecule has 2 aliphatic heterocycles. The lowest BCUT2D eigenvalue weighted by atomic mass is 9.94. The molecule has 1 unspecified atom stereocenters. The Morgan fingerprint density at radius 3 is 2.43 bits per heavy atom. The minimum Gasteiger partial charge on any atom is -0.507 e. The Kier molecular flexibility index (Phi) is 5.91. The van der Waals surface area contributed by atoms with Crippen molar-refractivity contribution < 1.29 is 28.9 Å². The third-order valence-corrected chi connectivity index (χ3v) is 5.84. The van der Waals surface area contributed by atoms with E-state index < -0.39 is 17.7 Å². The van der Waals surface area contributed by atoms with E-state index in [-0.39, 0.29) is 17.4 Å². The Hall–Kier alpha value is -4.26. The van der Waals surface area contributed by atoms with Crippen LogP contribution in [0.25, 0.3) is 5.76 Å². The molecule has 7 nitrogen and oxygen atoms in total. The van der Waals surface area contributed by atoms with Crippen molar-refractivity contribution in [3.8, 4) is 17.2 Å². The first-order valence-electron chi connectivity index (χ1n) is 11.5. The maximum Gasteiger partial charge on any atom is 0.300 e. The van der Waals surface area contributed by atoms with Gasteiger partial charge in [-0.2, -0.15) is 0 Å². The highest BCUT2D eigenvalue weighted by atomic mass is 16.6. The maximum atomic E-state index is 13.3. The molecule has 1 N–H and O–H groups in total. The lowest BCUT2D eigenvalue weighted by Crippen LogP contribution is -2.29. The number of hydrogen-bond donors (Lipinski definition) is 1. The Balaban J connectivity index is 1.68. The van der Waals surface area contributed by atoms with E-state index in [1.165, 1.54) is 4.90 Å². The zero-order chi connectivity index (χ0) is 24.5. The summed E-state index contributed by atoms with van der Waals surface area (Å²) in [6.07, 6.45) is -0.0524. The van der Waals surface area contributed by atoms with Crippen molar-refractivity contribution in [3.63, 3.8) is 0 Å². The van der Waals surface area contributed by atoms with Crippen molar-refractivity contribution in [1.29, 1.82) is 0 Å². The third kappa shape index (κ3) is 4.21. The van der Waals surface area contributed by atoms with Crippen molar-refractivity contribution in [3.05, 3.63) is 89.5 Å². The maximum absolute atomic E-state index is 13.3. The van der Waals surface area contributed by atoms with Crippen molar-refractivity contribution in [1.82, 2.24) is 0 Å². The molecular weight excluding hydrogens is 446 g/mol. The highest BCUT2D eigenvalue weighted by molar-refractivity contribution is 6.51. The quantitative estimate of drug-likeness (QED) is 0.325. The van der Waals surface area contributed by atoms with Gasteiger partial charge in [0.25, 0.3) is 11.7 Å². The van der Waals surface area contributed by atoms with Crippen LogP contribution in [0.2, 0.25) is 0 Å². The summed E-state index contributed by atoms with van der Waals surface area (Å²) in [5.41, 5.74) is 1.55. The average Bonchev–Trinajstić information content (AvgIpc) is 3.14. The molecule has 0 saturated carbocycles. The summed E-state index contributed by atoms with van der Waals surface area (Å²) in [5, 5.41) is 11.4. The number of aliphatic hydroxyl groups is 1. The smallest absolute Gasteiger partial charge is 0.300 e. The minimum atomic E-state index is -0.846. The largest absolute Gasteiger partial charge is 0.507 e. The normalized spacial score (nSPS) is 18.7. The molecule has 178 valence electrons. The highest BCUT2D eigenvalue weighted by Gasteiger charge is 2.47. The predicted octanol–water partition coefficient (Wildman–Crippen LogP) is 4.87. The average molecular weight is 472 g/mol. The zero-order valence-electron chi connectivity index (χ0n) is 19.4. The van der Waals surface area contributed by atoms with E-state index in [2.05, 4.69) is 0 Å². The second-order valence-corrected chi connectivity index (χ2v) is 8.60. The van der Waals surface area contributed by atoms with E-state index in [0.717, 1.165) is 0 Å². The molecule has 3 aromatic carbocycles. The first-order valence-corrected chi connectivity index (χ1v) is 11.5. The van der Waals surface area contributed by atoms with E-state index in [0.29, 0.717) is 47.3 Å². The number of carbonyl (C=O) groups excluding carboxylic acids is 2. The minimum absolute atomic E-state index is 0.00257. The second-order valence-electron chi connectivity index (χ2n) is 8.60. The Bertz CT molecular complexity index is 1310. The fraction of sp³-hybridized carbons (Fsp3) is 0.214. The van der Waals surface area contributed by atoms with Crippen molar-refractivity contribution in [2.24, 2.45) is 0 Å². The number of aliphatic hydroxyl groups excluding tert-OH is 1. The van der Waals surface area contributed by atoms with Gasteiger partial charge in [-0.3, -0.25) is 14.5 Å². The standard InChI is InChI=1S/C28H25NO6/c1-17(2)35-21-10-6-7-18(15-21)25-24(27(31)28(32)29(25)20-8-4-3-5-9-20)26(30)19-11-12-22-23(16-19)34-14-13-33-22/h3-12,15-17,25,30H,13-14H2,1-2H3/b26-24-. The van der Waals surface area contributed by atoms with Gasteiger partial charge in [0.05, 0.1) is 17.7 Å². The SMILES string of the molecule is CC(C)Oc1cccc(C2/C(=C(/O)c3ccc4c(c3)OCCO4)C(=O)C(=O)N2c2ccccc2)c1. The molecule has 0 aliphatic carbocycles.